The van der Waals surface area contributed by atoms with E-state index in [1.807, 2.05) is 25.5 Å². The molecule has 0 aliphatic heterocycles. The van der Waals surface area contributed by atoms with Gasteiger partial charge in [0.1, 0.15) is 21.1 Å². The Labute approximate surface area is 188 Å². The number of thiazole rings is 1. The van der Waals surface area contributed by atoms with Gasteiger partial charge in [-0.15, -0.1) is 21.2 Å². The van der Waals surface area contributed by atoms with Crippen LogP contribution in [0.4, 0.5) is 8.78 Å². The van der Waals surface area contributed by atoms with Crippen molar-refractivity contribution in [2.75, 3.05) is 6.54 Å². The summed E-state index contributed by atoms with van der Waals surface area (Å²) in [4.78, 5) is 18.2. The van der Waals surface area contributed by atoms with E-state index in [0.29, 0.717) is 4.60 Å². The smallest absolute Gasteiger partial charge is 0.273 e. The summed E-state index contributed by atoms with van der Waals surface area (Å²) in [6, 6.07) is 3.02. The fourth-order valence-corrected chi connectivity index (χ4v) is 4.43. The number of aryl methyl sites for hydroxylation is 1. The number of nitrogens with zero attached hydrogens (tertiary/aromatic N) is 6. The SMILES string of the molecule is Cn1cc(C(C)(CNC(=O)c2cnn(-c3ccc(F)cc3F)n2)c2nc(Br)cs2)cn1. The van der Waals surface area contributed by atoms with Crippen LogP contribution in [0.1, 0.15) is 28.0 Å². The van der Waals surface area contributed by atoms with Crippen molar-refractivity contribution in [3.63, 3.8) is 0 Å². The van der Waals surface area contributed by atoms with Gasteiger partial charge in [0.2, 0.25) is 0 Å². The molecule has 0 fully saturated rings. The van der Waals surface area contributed by atoms with Crippen LogP contribution in [-0.4, -0.2) is 42.2 Å². The molecule has 4 rings (SSSR count). The van der Waals surface area contributed by atoms with E-state index in [0.717, 1.165) is 27.5 Å². The standard InChI is InChI=1S/C19H16BrF2N7OS/c1-19(11-6-24-28(2)8-11,18-26-16(20)9-31-18)10-23-17(30)14-7-25-29(27-14)15-4-3-12(21)5-13(15)22/h3-9H,10H2,1-2H3,(H,23,30). The van der Waals surface area contributed by atoms with Gasteiger partial charge in [0.25, 0.3) is 5.91 Å². The summed E-state index contributed by atoms with van der Waals surface area (Å²) in [7, 11) is 1.81. The van der Waals surface area contributed by atoms with Crippen molar-refractivity contribution >= 4 is 33.2 Å². The number of aromatic nitrogens is 6. The van der Waals surface area contributed by atoms with Gasteiger partial charge in [0.05, 0.1) is 17.8 Å². The zero-order valence-electron chi connectivity index (χ0n) is 16.4. The Balaban J connectivity index is 1.56. The summed E-state index contributed by atoms with van der Waals surface area (Å²) in [6.45, 7) is 2.18. The predicted molar refractivity (Wildman–Crippen MR) is 113 cm³/mol. The molecule has 1 aromatic carbocycles. The van der Waals surface area contributed by atoms with Gasteiger partial charge in [0, 0.05) is 36.8 Å². The Morgan fingerprint density at radius 2 is 2.10 bits per heavy atom. The molecule has 8 nitrogen and oxygen atoms in total. The van der Waals surface area contributed by atoms with Gasteiger partial charge in [-0.1, -0.05) is 0 Å². The molecule has 1 unspecified atom stereocenters. The number of halogens is 3. The third-order valence-corrected chi connectivity index (χ3v) is 6.56. The molecule has 0 bridgehead atoms. The van der Waals surface area contributed by atoms with Crippen molar-refractivity contribution < 1.29 is 13.6 Å². The first-order valence-corrected chi connectivity index (χ1v) is 10.7. The monoisotopic (exact) mass is 507 g/mol. The average molecular weight is 508 g/mol. The van der Waals surface area contributed by atoms with E-state index in [9.17, 15) is 13.6 Å². The molecule has 3 aromatic heterocycles. The van der Waals surface area contributed by atoms with E-state index in [-0.39, 0.29) is 17.9 Å². The van der Waals surface area contributed by atoms with Crippen molar-refractivity contribution in [3.05, 3.63) is 74.7 Å². The molecule has 4 aromatic rings. The zero-order valence-corrected chi connectivity index (χ0v) is 18.8. The first-order chi connectivity index (χ1) is 14.8. The van der Waals surface area contributed by atoms with Gasteiger partial charge in [-0.2, -0.15) is 10.2 Å². The van der Waals surface area contributed by atoms with Crippen LogP contribution in [0.3, 0.4) is 0 Å². The van der Waals surface area contributed by atoms with Crippen LogP contribution in [-0.2, 0) is 12.5 Å². The van der Waals surface area contributed by atoms with Crippen molar-refractivity contribution in [1.82, 2.24) is 35.1 Å². The highest BCUT2D eigenvalue weighted by Crippen LogP contribution is 2.34. The minimum Gasteiger partial charge on any atom is -0.349 e. The molecule has 31 heavy (non-hydrogen) atoms. The minimum atomic E-state index is -0.832. The second-order valence-corrected chi connectivity index (χ2v) is 8.68. The second-order valence-electron chi connectivity index (χ2n) is 7.01. The Morgan fingerprint density at radius 1 is 1.29 bits per heavy atom. The third kappa shape index (κ3) is 4.26. The highest BCUT2D eigenvalue weighted by atomic mass is 79.9. The molecule has 1 amide bonds. The van der Waals surface area contributed by atoms with Crippen LogP contribution in [0.15, 0.2) is 46.8 Å². The number of carbonyl (C=O) groups excluding carboxylic acids is 1. The topological polar surface area (TPSA) is 90.5 Å². The molecular weight excluding hydrogens is 492 g/mol. The molecule has 3 heterocycles. The van der Waals surface area contributed by atoms with Crippen LogP contribution in [0.2, 0.25) is 0 Å². The number of nitrogens with one attached hydrogen (secondary N) is 1. The molecule has 160 valence electrons. The molecular formula is C19H16BrF2N7OS. The summed E-state index contributed by atoms with van der Waals surface area (Å²) in [5, 5.41) is 17.7. The molecule has 0 saturated heterocycles. The summed E-state index contributed by atoms with van der Waals surface area (Å²) >= 11 is 4.83. The third-order valence-electron chi connectivity index (χ3n) is 4.74. The number of hydrogen-bond donors (Lipinski definition) is 1. The van der Waals surface area contributed by atoms with Crippen molar-refractivity contribution in [2.45, 2.75) is 12.3 Å². The Kier molecular flexibility index (Phi) is 5.67. The van der Waals surface area contributed by atoms with E-state index in [2.05, 4.69) is 41.5 Å². The quantitative estimate of drug-likeness (QED) is 0.432. The normalized spacial score (nSPS) is 13.2. The summed E-state index contributed by atoms with van der Waals surface area (Å²) in [5.41, 5.74) is 0.180. The average Bonchev–Trinajstić information content (AvgIpc) is 3.47. The number of hydrogen-bond acceptors (Lipinski definition) is 6. The van der Waals surface area contributed by atoms with Crippen LogP contribution >= 0.6 is 27.3 Å². The molecule has 1 N–H and O–H groups in total. The first kappa shape index (κ1) is 21.2. The number of carbonyl (C=O) groups is 1. The highest BCUT2D eigenvalue weighted by Gasteiger charge is 2.34. The fraction of sp³-hybridized carbons (Fsp3) is 0.211. The lowest BCUT2D eigenvalue weighted by molar-refractivity contribution is 0.0942. The lowest BCUT2D eigenvalue weighted by Gasteiger charge is -2.26. The molecule has 0 radical (unpaired) electrons. The maximum Gasteiger partial charge on any atom is 0.273 e. The largest absolute Gasteiger partial charge is 0.349 e. The zero-order chi connectivity index (χ0) is 22.2. The Bertz CT molecular complexity index is 1210. The van der Waals surface area contributed by atoms with Crippen LogP contribution < -0.4 is 5.32 Å². The molecule has 12 heteroatoms. The van der Waals surface area contributed by atoms with Crippen molar-refractivity contribution in [3.8, 4) is 5.69 Å². The van der Waals surface area contributed by atoms with Crippen LogP contribution in [0.5, 0.6) is 0 Å². The predicted octanol–water partition coefficient (Wildman–Crippen LogP) is 3.23. The molecule has 0 spiro atoms. The van der Waals surface area contributed by atoms with Gasteiger partial charge >= 0.3 is 0 Å². The Morgan fingerprint density at radius 3 is 2.74 bits per heavy atom. The van der Waals surface area contributed by atoms with Crippen molar-refractivity contribution in [2.24, 2.45) is 7.05 Å². The van der Waals surface area contributed by atoms with Crippen LogP contribution in [0, 0.1) is 11.6 Å². The summed E-state index contributed by atoms with van der Waals surface area (Å²) in [5.74, 6) is -2.03. The molecule has 1 atom stereocenters. The minimum absolute atomic E-state index is 0.00224. The van der Waals surface area contributed by atoms with Gasteiger partial charge in [0.15, 0.2) is 11.5 Å². The van der Waals surface area contributed by atoms with E-state index < -0.39 is 23.0 Å². The molecule has 0 aliphatic rings. The molecule has 0 aliphatic carbocycles. The lowest BCUT2D eigenvalue weighted by atomic mass is 9.85. The fourth-order valence-electron chi connectivity index (χ4n) is 2.99. The van der Waals surface area contributed by atoms with E-state index in [1.165, 1.54) is 23.6 Å². The molecule has 0 saturated carbocycles. The van der Waals surface area contributed by atoms with Crippen LogP contribution in [0.25, 0.3) is 5.69 Å². The second kappa shape index (κ2) is 8.27. The van der Waals surface area contributed by atoms with Gasteiger partial charge in [-0.25, -0.2) is 13.8 Å². The van der Waals surface area contributed by atoms with E-state index >= 15 is 0 Å². The maximum absolute atomic E-state index is 14.0. The van der Waals surface area contributed by atoms with E-state index in [4.69, 9.17) is 0 Å². The lowest BCUT2D eigenvalue weighted by Crippen LogP contribution is -2.39. The first-order valence-electron chi connectivity index (χ1n) is 9.03. The summed E-state index contributed by atoms with van der Waals surface area (Å²) < 4.78 is 29.5. The van der Waals surface area contributed by atoms with Crippen molar-refractivity contribution in [1.29, 1.82) is 0 Å². The number of rotatable bonds is 6. The van der Waals surface area contributed by atoms with E-state index in [1.54, 1.807) is 10.9 Å². The number of amides is 1. The van der Waals surface area contributed by atoms with Gasteiger partial charge in [-0.05, 0) is 35.0 Å². The maximum atomic E-state index is 14.0. The van der Waals surface area contributed by atoms with Gasteiger partial charge < -0.3 is 5.32 Å². The Hall–Kier alpha value is -2.99. The van der Waals surface area contributed by atoms with Gasteiger partial charge in [-0.3, -0.25) is 9.48 Å². The highest BCUT2D eigenvalue weighted by molar-refractivity contribution is 9.10. The summed E-state index contributed by atoms with van der Waals surface area (Å²) in [6.07, 6.45) is 4.82. The number of benzene rings is 1.